The summed E-state index contributed by atoms with van der Waals surface area (Å²) >= 11 is 4.76. The Morgan fingerprint density at radius 3 is 2.60 bits per heavy atom. The van der Waals surface area contributed by atoms with Crippen molar-refractivity contribution in [2.45, 2.75) is 25.5 Å². The zero-order valence-electron chi connectivity index (χ0n) is 16.7. The highest BCUT2D eigenvalue weighted by atomic mass is 79.9. The van der Waals surface area contributed by atoms with E-state index < -0.39 is 0 Å². The second-order valence-electron chi connectivity index (χ2n) is 6.44. The van der Waals surface area contributed by atoms with Crippen LogP contribution in [0.3, 0.4) is 0 Å². The zero-order valence-corrected chi connectivity index (χ0v) is 19.2. The van der Waals surface area contributed by atoms with Gasteiger partial charge in [-0.25, -0.2) is 5.43 Å². The summed E-state index contributed by atoms with van der Waals surface area (Å²) in [5.74, 6) is 0.788. The molecule has 1 heterocycles. The lowest BCUT2D eigenvalue weighted by Gasteiger charge is -2.07. The molecule has 0 unspecified atom stereocenters. The molecule has 8 heteroatoms. The predicted octanol–water partition coefficient (Wildman–Crippen LogP) is 4.90. The van der Waals surface area contributed by atoms with E-state index in [0.717, 1.165) is 28.0 Å². The van der Waals surface area contributed by atoms with E-state index in [1.54, 1.807) is 6.21 Å². The SMILES string of the molecule is CCn1c(SCC(=O)N/N=C\C(Br)=C\c2ccccc2)nnc1-c1ccc(C)cc1. The summed E-state index contributed by atoms with van der Waals surface area (Å²) in [7, 11) is 0. The number of aromatic nitrogens is 3. The number of rotatable bonds is 8. The van der Waals surface area contributed by atoms with E-state index in [9.17, 15) is 4.79 Å². The Bertz CT molecular complexity index is 1050. The summed E-state index contributed by atoms with van der Waals surface area (Å²) in [4.78, 5) is 12.1. The van der Waals surface area contributed by atoms with E-state index in [0.29, 0.717) is 5.16 Å². The summed E-state index contributed by atoms with van der Waals surface area (Å²) in [6.45, 7) is 4.80. The van der Waals surface area contributed by atoms with Crippen LogP contribution in [0.1, 0.15) is 18.1 Å². The van der Waals surface area contributed by atoms with E-state index >= 15 is 0 Å². The summed E-state index contributed by atoms with van der Waals surface area (Å²) in [6.07, 6.45) is 3.47. The van der Waals surface area contributed by atoms with Gasteiger partial charge in [0.1, 0.15) is 0 Å². The van der Waals surface area contributed by atoms with Crippen LogP contribution in [0.2, 0.25) is 0 Å². The lowest BCUT2D eigenvalue weighted by Crippen LogP contribution is -2.19. The van der Waals surface area contributed by atoms with Crippen LogP contribution in [0.25, 0.3) is 17.5 Å². The Balaban J connectivity index is 1.56. The summed E-state index contributed by atoms with van der Waals surface area (Å²) in [5, 5.41) is 13.3. The number of halogens is 1. The maximum atomic E-state index is 12.1. The highest BCUT2D eigenvalue weighted by Crippen LogP contribution is 2.24. The van der Waals surface area contributed by atoms with Crippen LogP contribution in [0, 0.1) is 6.92 Å². The van der Waals surface area contributed by atoms with Gasteiger partial charge in [-0.3, -0.25) is 4.79 Å². The van der Waals surface area contributed by atoms with Gasteiger partial charge in [0.05, 0.1) is 12.0 Å². The van der Waals surface area contributed by atoms with E-state index in [2.05, 4.69) is 36.7 Å². The molecule has 1 aromatic heterocycles. The molecule has 0 aliphatic heterocycles. The molecule has 0 aliphatic rings. The van der Waals surface area contributed by atoms with Crippen molar-refractivity contribution in [2.24, 2.45) is 5.10 Å². The zero-order chi connectivity index (χ0) is 21.3. The van der Waals surface area contributed by atoms with Crippen LogP contribution >= 0.6 is 27.7 Å². The van der Waals surface area contributed by atoms with Gasteiger partial charge < -0.3 is 4.57 Å². The van der Waals surface area contributed by atoms with Gasteiger partial charge in [0.15, 0.2) is 11.0 Å². The van der Waals surface area contributed by atoms with Crippen molar-refractivity contribution in [2.75, 3.05) is 5.75 Å². The molecule has 30 heavy (non-hydrogen) atoms. The highest BCUT2D eigenvalue weighted by molar-refractivity contribution is 9.12. The molecule has 3 rings (SSSR count). The fraction of sp³-hybridized carbons (Fsp3) is 0.182. The fourth-order valence-electron chi connectivity index (χ4n) is 2.67. The first-order valence-corrected chi connectivity index (χ1v) is 11.2. The van der Waals surface area contributed by atoms with Gasteiger partial charge in [0, 0.05) is 16.6 Å². The van der Waals surface area contributed by atoms with Crippen molar-refractivity contribution in [1.29, 1.82) is 0 Å². The summed E-state index contributed by atoms with van der Waals surface area (Å²) in [5.41, 5.74) is 5.77. The second kappa shape index (κ2) is 10.9. The molecule has 154 valence electrons. The number of hydrogen-bond acceptors (Lipinski definition) is 5. The van der Waals surface area contributed by atoms with Crippen molar-refractivity contribution in [3.05, 3.63) is 70.2 Å². The Morgan fingerprint density at radius 2 is 1.90 bits per heavy atom. The topological polar surface area (TPSA) is 72.2 Å². The lowest BCUT2D eigenvalue weighted by molar-refractivity contribution is -0.118. The van der Waals surface area contributed by atoms with Crippen molar-refractivity contribution in [3.8, 4) is 11.4 Å². The van der Waals surface area contributed by atoms with E-state index in [1.807, 2.05) is 79.1 Å². The molecule has 1 amide bonds. The van der Waals surface area contributed by atoms with Gasteiger partial charge in [-0.2, -0.15) is 5.10 Å². The molecule has 0 atom stereocenters. The van der Waals surface area contributed by atoms with Crippen LogP contribution in [0.15, 0.2) is 69.3 Å². The van der Waals surface area contributed by atoms with Crippen LogP contribution in [-0.4, -0.2) is 32.6 Å². The third kappa shape index (κ3) is 6.14. The molecule has 1 N–H and O–H groups in total. The van der Waals surface area contributed by atoms with Crippen molar-refractivity contribution < 1.29 is 4.79 Å². The maximum Gasteiger partial charge on any atom is 0.250 e. The van der Waals surface area contributed by atoms with Gasteiger partial charge >= 0.3 is 0 Å². The third-order valence-corrected chi connectivity index (χ3v) is 5.56. The molecular weight excluding hydrogens is 462 g/mol. The second-order valence-corrected chi connectivity index (χ2v) is 8.30. The maximum absolute atomic E-state index is 12.1. The number of benzene rings is 2. The Morgan fingerprint density at radius 1 is 1.17 bits per heavy atom. The number of nitrogens with zero attached hydrogens (tertiary/aromatic N) is 4. The van der Waals surface area contributed by atoms with Gasteiger partial charge in [-0.05, 0) is 41.4 Å². The van der Waals surface area contributed by atoms with Crippen molar-refractivity contribution in [3.63, 3.8) is 0 Å². The minimum atomic E-state index is -0.209. The largest absolute Gasteiger partial charge is 0.302 e. The fourth-order valence-corrected chi connectivity index (χ4v) is 3.83. The highest BCUT2D eigenvalue weighted by Gasteiger charge is 2.14. The van der Waals surface area contributed by atoms with E-state index in [4.69, 9.17) is 0 Å². The van der Waals surface area contributed by atoms with E-state index in [1.165, 1.54) is 17.3 Å². The van der Waals surface area contributed by atoms with Crippen LogP contribution in [0.5, 0.6) is 0 Å². The van der Waals surface area contributed by atoms with Crippen LogP contribution in [0.4, 0.5) is 0 Å². The lowest BCUT2D eigenvalue weighted by atomic mass is 10.1. The number of carbonyl (C=O) groups is 1. The number of thioether (sulfide) groups is 1. The molecule has 3 aromatic rings. The monoisotopic (exact) mass is 483 g/mol. The first-order valence-electron chi connectivity index (χ1n) is 9.44. The van der Waals surface area contributed by atoms with Gasteiger partial charge in [-0.15, -0.1) is 10.2 Å². The molecule has 2 aromatic carbocycles. The molecule has 6 nitrogen and oxygen atoms in total. The van der Waals surface area contributed by atoms with Crippen LogP contribution < -0.4 is 5.43 Å². The quantitative estimate of drug-likeness (QED) is 0.280. The average Bonchev–Trinajstić information content (AvgIpc) is 3.16. The molecule has 0 spiro atoms. The van der Waals surface area contributed by atoms with Gasteiger partial charge in [0.2, 0.25) is 0 Å². The van der Waals surface area contributed by atoms with E-state index in [-0.39, 0.29) is 11.7 Å². The minimum Gasteiger partial charge on any atom is -0.302 e. The summed E-state index contributed by atoms with van der Waals surface area (Å²) < 4.78 is 2.76. The summed E-state index contributed by atoms with van der Waals surface area (Å²) in [6, 6.07) is 18.0. The number of aryl methyl sites for hydroxylation is 1. The standard InChI is InChI=1S/C22H22BrN5OS/c1-3-28-21(18-11-9-16(2)10-12-18)26-27-22(28)30-15-20(29)25-24-14-19(23)13-17-7-5-4-6-8-17/h4-14H,3,15H2,1-2H3,(H,25,29)/b19-13-,24-14-. The predicted molar refractivity (Wildman–Crippen MR) is 127 cm³/mol. The van der Waals surface area contributed by atoms with Crippen molar-refractivity contribution in [1.82, 2.24) is 20.2 Å². The Kier molecular flexibility index (Phi) is 7.98. The Hall–Kier alpha value is -2.71. The molecule has 0 aliphatic carbocycles. The molecule has 0 radical (unpaired) electrons. The number of nitrogens with one attached hydrogen (secondary N) is 1. The number of hydrogen-bond donors (Lipinski definition) is 1. The number of hydrazone groups is 1. The number of allylic oxidation sites excluding steroid dienone is 1. The molecular formula is C22H22BrN5OS. The number of carbonyl (C=O) groups excluding carboxylic acids is 1. The minimum absolute atomic E-state index is 0.198. The third-order valence-electron chi connectivity index (χ3n) is 4.16. The molecule has 0 saturated heterocycles. The first-order chi connectivity index (χ1) is 14.6. The first kappa shape index (κ1) is 22.0. The number of amides is 1. The van der Waals surface area contributed by atoms with Crippen LogP contribution in [-0.2, 0) is 11.3 Å². The van der Waals surface area contributed by atoms with Crippen molar-refractivity contribution >= 4 is 45.9 Å². The normalized spacial score (nSPS) is 11.8. The average molecular weight is 484 g/mol. The molecule has 0 saturated carbocycles. The molecule has 0 fully saturated rings. The Labute approximate surface area is 188 Å². The van der Waals surface area contributed by atoms with Gasteiger partial charge in [-0.1, -0.05) is 71.9 Å². The van der Waals surface area contributed by atoms with Gasteiger partial charge in [0.25, 0.3) is 5.91 Å². The molecule has 0 bridgehead atoms. The smallest absolute Gasteiger partial charge is 0.250 e.